The average Bonchev–Trinajstić information content (AvgIpc) is 2.39. The summed E-state index contributed by atoms with van der Waals surface area (Å²) in [6, 6.07) is 12.8. The summed E-state index contributed by atoms with van der Waals surface area (Å²) in [7, 11) is 0. The van der Waals surface area contributed by atoms with Gasteiger partial charge in [0.2, 0.25) is 0 Å². The van der Waals surface area contributed by atoms with Gasteiger partial charge in [-0.15, -0.1) is 0 Å². The van der Waals surface area contributed by atoms with Crippen LogP contribution in [0.15, 0.2) is 42.5 Å². The molecule has 0 amide bonds. The van der Waals surface area contributed by atoms with Gasteiger partial charge in [0.05, 0.1) is 11.3 Å². The number of nitrogens with zero attached hydrogens (tertiary/aromatic N) is 1. The second-order valence-electron chi connectivity index (χ2n) is 4.38. The first-order chi connectivity index (χ1) is 9.15. The third-order valence-electron chi connectivity index (χ3n) is 2.76. The number of carboxylic acids is 1. The second kappa shape index (κ2) is 6.11. The molecule has 0 aliphatic heterocycles. The summed E-state index contributed by atoms with van der Waals surface area (Å²) in [5, 5.41) is 12.2. The zero-order valence-electron chi connectivity index (χ0n) is 10.8. The number of hydrogen-bond acceptors (Lipinski definition) is 3. The number of hydrogen-bond donors (Lipinski definition) is 2. The van der Waals surface area contributed by atoms with E-state index in [-0.39, 0.29) is 0 Å². The van der Waals surface area contributed by atoms with Gasteiger partial charge in [-0.3, -0.25) is 4.98 Å². The fourth-order valence-electron chi connectivity index (χ4n) is 1.85. The minimum absolute atomic E-state index is 0.313. The van der Waals surface area contributed by atoms with Gasteiger partial charge in [-0.1, -0.05) is 18.2 Å². The molecule has 0 aliphatic carbocycles. The van der Waals surface area contributed by atoms with Crippen molar-refractivity contribution in [3.05, 3.63) is 65.0 Å². The van der Waals surface area contributed by atoms with Gasteiger partial charge in [0, 0.05) is 18.8 Å². The summed E-state index contributed by atoms with van der Waals surface area (Å²) in [6.45, 7) is 3.25. The molecular formula is C15H16N2O2. The van der Waals surface area contributed by atoms with Crippen LogP contribution in [0, 0.1) is 6.92 Å². The third-order valence-corrected chi connectivity index (χ3v) is 2.76. The maximum absolute atomic E-state index is 10.9. The molecule has 2 N–H and O–H groups in total. The van der Waals surface area contributed by atoms with Gasteiger partial charge in [0.15, 0.2) is 0 Å². The Labute approximate surface area is 112 Å². The van der Waals surface area contributed by atoms with Gasteiger partial charge >= 0.3 is 5.97 Å². The van der Waals surface area contributed by atoms with Crippen LogP contribution in [0.4, 0.5) is 0 Å². The molecule has 0 fully saturated rings. The Morgan fingerprint density at radius 2 is 2.00 bits per heavy atom. The fraction of sp³-hybridized carbons (Fsp3) is 0.200. The predicted octanol–water partition coefficient (Wildman–Crippen LogP) is 2.38. The van der Waals surface area contributed by atoms with Crippen LogP contribution in [0.1, 0.15) is 27.3 Å². The maximum atomic E-state index is 10.9. The van der Waals surface area contributed by atoms with E-state index in [2.05, 4.69) is 10.3 Å². The van der Waals surface area contributed by atoms with Gasteiger partial charge < -0.3 is 10.4 Å². The highest BCUT2D eigenvalue weighted by Gasteiger charge is 2.03. The molecule has 0 atom stereocenters. The first kappa shape index (κ1) is 13.2. The Kier molecular flexibility index (Phi) is 4.26. The first-order valence-corrected chi connectivity index (χ1v) is 6.10. The largest absolute Gasteiger partial charge is 0.478 e. The van der Waals surface area contributed by atoms with Crippen LogP contribution in [-0.2, 0) is 13.1 Å². The second-order valence-corrected chi connectivity index (χ2v) is 4.38. The van der Waals surface area contributed by atoms with Crippen molar-refractivity contribution in [2.45, 2.75) is 20.0 Å². The minimum Gasteiger partial charge on any atom is -0.478 e. The lowest BCUT2D eigenvalue weighted by molar-refractivity contribution is 0.0696. The molecule has 2 rings (SSSR count). The van der Waals surface area contributed by atoms with Gasteiger partial charge in [0.1, 0.15) is 0 Å². The molecule has 4 heteroatoms. The first-order valence-electron chi connectivity index (χ1n) is 6.10. The van der Waals surface area contributed by atoms with E-state index >= 15 is 0 Å². The van der Waals surface area contributed by atoms with Crippen molar-refractivity contribution in [1.29, 1.82) is 0 Å². The van der Waals surface area contributed by atoms with Crippen molar-refractivity contribution in [2.24, 2.45) is 0 Å². The summed E-state index contributed by atoms with van der Waals surface area (Å²) in [4.78, 5) is 15.2. The quantitative estimate of drug-likeness (QED) is 0.862. The Bertz CT molecular complexity index is 582. The van der Waals surface area contributed by atoms with Gasteiger partial charge in [0.25, 0.3) is 0 Å². The smallest absolute Gasteiger partial charge is 0.335 e. The van der Waals surface area contributed by atoms with Crippen LogP contribution < -0.4 is 5.32 Å². The predicted molar refractivity (Wildman–Crippen MR) is 72.9 cm³/mol. The summed E-state index contributed by atoms with van der Waals surface area (Å²) in [6.07, 6.45) is 0. The van der Waals surface area contributed by atoms with Crippen LogP contribution in [0.25, 0.3) is 0 Å². The van der Waals surface area contributed by atoms with Gasteiger partial charge in [-0.2, -0.15) is 0 Å². The molecular weight excluding hydrogens is 240 g/mol. The summed E-state index contributed by atoms with van der Waals surface area (Å²) < 4.78 is 0. The van der Waals surface area contributed by atoms with Crippen molar-refractivity contribution in [3.8, 4) is 0 Å². The monoisotopic (exact) mass is 256 g/mol. The Morgan fingerprint density at radius 1 is 1.21 bits per heavy atom. The van der Waals surface area contributed by atoms with Crippen molar-refractivity contribution < 1.29 is 9.90 Å². The van der Waals surface area contributed by atoms with E-state index in [1.807, 2.05) is 31.2 Å². The highest BCUT2D eigenvalue weighted by Crippen LogP contribution is 2.05. The standard InChI is InChI=1S/C15H16N2O2/c1-11-4-2-7-14(17-11)10-16-9-12-5-3-6-13(8-12)15(18)19/h2-8,16H,9-10H2,1H3,(H,18,19). The molecule has 0 saturated heterocycles. The normalized spacial score (nSPS) is 10.4. The van der Waals surface area contributed by atoms with Gasteiger partial charge in [-0.25, -0.2) is 4.79 Å². The third kappa shape index (κ3) is 3.89. The van der Waals surface area contributed by atoms with Crippen molar-refractivity contribution in [3.63, 3.8) is 0 Å². The van der Waals surface area contributed by atoms with Crippen LogP contribution in [0.2, 0.25) is 0 Å². The van der Waals surface area contributed by atoms with E-state index in [4.69, 9.17) is 5.11 Å². The molecule has 19 heavy (non-hydrogen) atoms. The molecule has 1 aromatic heterocycles. The lowest BCUT2D eigenvalue weighted by atomic mass is 10.1. The molecule has 0 spiro atoms. The van der Waals surface area contributed by atoms with E-state index in [0.717, 1.165) is 17.0 Å². The average molecular weight is 256 g/mol. The Balaban J connectivity index is 1.92. The SMILES string of the molecule is Cc1cccc(CNCc2cccc(C(=O)O)c2)n1. The van der Waals surface area contributed by atoms with E-state index in [1.165, 1.54) is 0 Å². The molecule has 0 unspecified atom stereocenters. The van der Waals surface area contributed by atoms with Crippen molar-refractivity contribution >= 4 is 5.97 Å². The number of pyridine rings is 1. The zero-order chi connectivity index (χ0) is 13.7. The molecule has 0 radical (unpaired) electrons. The van der Waals surface area contributed by atoms with Crippen LogP contribution in [-0.4, -0.2) is 16.1 Å². The van der Waals surface area contributed by atoms with E-state index < -0.39 is 5.97 Å². The molecule has 1 aromatic carbocycles. The molecule has 98 valence electrons. The summed E-state index contributed by atoms with van der Waals surface area (Å²) >= 11 is 0. The number of benzene rings is 1. The minimum atomic E-state index is -0.901. The molecule has 0 aliphatic rings. The number of rotatable bonds is 5. The Hall–Kier alpha value is -2.20. The molecule has 1 heterocycles. The topological polar surface area (TPSA) is 62.2 Å². The van der Waals surface area contributed by atoms with Crippen LogP contribution in [0.5, 0.6) is 0 Å². The molecule has 0 saturated carbocycles. The zero-order valence-corrected chi connectivity index (χ0v) is 10.8. The molecule has 0 bridgehead atoms. The van der Waals surface area contributed by atoms with Crippen molar-refractivity contribution in [1.82, 2.24) is 10.3 Å². The highest BCUT2D eigenvalue weighted by atomic mass is 16.4. The summed E-state index contributed by atoms with van der Waals surface area (Å²) in [5.41, 5.74) is 3.24. The van der Waals surface area contributed by atoms with Crippen LogP contribution in [0.3, 0.4) is 0 Å². The summed E-state index contributed by atoms with van der Waals surface area (Å²) in [5.74, 6) is -0.901. The molecule has 4 nitrogen and oxygen atoms in total. The van der Waals surface area contributed by atoms with E-state index in [9.17, 15) is 4.79 Å². The number of aromatic carboxylic acids is 1. The lowest BCUT2D eigenvalue weighted by Gasteiger charge is -2.06. The number of carboxylic acid groups (broad SMARTS) is 1. The number of aromatic nitrogens is 1. The lowest BCUT2D eigenvalue weighted by Crippen LogP contribution is -2.14. The maximum Gasteiger partial charge on any atom is 0.335 e. The highest BCUT2D eigenvalue weighted by molar-refractivity contribution is 5.87. The molecule has 2 aromatic rings. The van der Waals surface area contributed by atoms with E-state index in [1.54, 1.807) is 18.2 Å². The number of aryl methyl sites for hydroxylation is 1. The Morgan fingerprint density at radius 3 is 2.74 bits per heavy atom. The number of carbonyl (C=O) groups is 1. The van der Waals surface area contributed by atoms with Crippen molar-refractivity contribution in [2.75, 3.05) is 0 Å². The van der Waals surface area contributed by atoms with Gasteiger partial charge in [-0.05, 0) is 36.8 Å². The van der Waals surface area contributed by atoms with E-state index in [0.29, 0.717) is 18.7 Å². The fourth-order valence-corrected chi connectivity index (χ4v) is 1.85. The van der Waals surface area contributed by atoms with Crippen LogP contribution >= 0.6 is 0 Å². The number of nitrogens with one attached hydrogen (secondary N) is 1.